The summed E-state index contributed by atoms with van der Waals surface area (Å²) >= 11 is 5.06. The van der Waals surface area contributed by atoms with Crippen molar-refractivity contribution in [2.75, 3.05) is 11.9 Å². The van der Waals surface area contributed by atoms with Crippen LogP contribution in [0.15, 0.2) is 48.5 Å². The number of nitrogens with one attached hydrogen (secondary N) is 4. The highest BCUT2D eigenvalue weighted by atomic mass is 32.1. The molecule has 0 aliphatic heterocycles. The zero-order valence-electron chi connectivity index (χ0n) is 17.5. The smallest absolute Gasteiger partial charge is 0.269 e. The van der Waals surface area contributed by atoms with Crippen molar-refractivity contribution in [1.82, 2.24) is 16.2 Å². The molecular weight excluding hydrogens is 416 g/mol. The number of ether oxygens (including phenoxy) is 1. The average molecular weight is 443 g/mol. The number of carbonyl (C=O) groups excluding carboxylic acids is 3. The molecule has 164 valence electrons. The van der Waals surface area contributed by atoms with E-state index in [1.54, 1.807) is 55.5 Å². The summed E-state index contributed by atoms with van der Waals surface area (Å²) < 4.78 is 5.60. The molecule has 0 aliphatic rings. The van der Waals surface area contributed by atoms with Gasteiger partial charge in [-0.25, -0.2) is 0 Å². The molecule has 2 rings (SSSR count). The lowest BCUT2D eigenvalue weighted by molar-refractivity contribution is -0.115. The van der Waals surface area contributed by atoms with Gasteiger partial charge in [0.1, 0.15) is 5.75 Å². The molecule has 4 N–H and O–H groups in total. The van der Waals surface area contributed by atoms with E-state index in [1.807, 2.05) is 0 Å². The van der Waals surface area contributed by atoms with E-state index in [1.165, 1.54) is 0 Å². The third kappa shape index (κ3) is 8.06. The minimum atomic E-state index is -0.448. The van der Waals surface area contributed by atoms with E-state index in [9.17, 15) is 14.4 Å². The molecule has 3 amide bonds. The molecule has 0 fully saturated rings. The largest absolute Gasteiger partial charge is 0.494 e. The first kappa shape index (κ1) is 23.8. The molecule has 0 spiro atoms. The van der Waals surface area contributed by atoms with E-state index in [0.29, 0.717) is 35.6 Å². The Morgan fingerprint density at radius 3 is 2.35 bits per heavy atom. The van der Waals surface area contributed by atoms with Crippen LogP contribution in [0, 0.1) is 0 Å². The summed E-state index contributed by atoms with van der Waals surface area (Å²) in [5, 5.41) is 5.14. The lowest BCUT2D eigenvalue weighted by Crippen LogP contribution is -2.48. The van der Waals surface area contributed by atoms with Crippen LogP contribution in [0.25, 0.3) is 0 Å². The molecule has 8 nitrogen and oxygen atoms in total. The van der Waals surface area contributed by atoms with Crippen LogP contribution in [0.1, 0.15) is 53.8 Å². The summed E-state index contributed by atoms with van der Waals surface area (Å²) in [5.41, 5.74) is 6.24. The molecule has 0 heterocycles. The monoisotopic (exact) mass is 442 g/mol. The van der Waals surface area contributed by atoms with Crippen LogP contribution in [0.4, 0.5) is 5.69 Å². The van der Waals surface area contributed by atoms with Gasteiger partial charge in [-0.05, 0) is 61.1 Å². The van der Waals surface area contributed by atoms with Gasteiger partial charge in [-0.1, -0.05) is 26.3 Å². The SMILES string of the molecule is CCCCOc1cccc(C(=O)NC(=S)NNC(=O)c2ccc(NC(=O)CC)cc2)c1. The molecule has 0 unspecified atom stereocenters. The summed E-state index contributed by atoms with van der Waals surface area (Å²) in [6.07, 6.45) is 2.32. The molecule has 31 heavy (non-hydrogen) atoms. The number of thiocarbonyl (C=S) groups is 1. The van der Waals surface area contributed by atoms with Gasteiger partial charge in [0.2, 0.25) is 5.91 Å². The van der Waals surface area contributed by atoms with Gasteiger partial charge in [0, 0.05) is 23.2 Å². The van der Waals surface area contributed by atoms with Gasteiger partial charge in [0.15, 0.2) is 5.11 Å². The van der Waals surface area contributed by atoms with Crippen LogP contribution in [0.3, 0.4) is 0 Å². The highest BCUT2D eigenvalue weighted by Gasteiger charge is 2.11. The summed E-state index contributed by atoms with van der Waals surface area (Å²) in [6.45, 7) is 4.41. The van der Waals surface area contributed by atoms with Crippen molar-refractivity contribution in [3.05, 3.63) is 59.7 Å². The quantitative estimate of drug-likeness (QED) is 0.284. The Morgan fingerprint density at radius 1 is 0.935 bits per heavy atom. The van der Waals surface area contributed by atoms with Crippen molar-refractivity contribution in [2.24, 2.45) is 0 Å². The van der Waals surface area contributed by atoms with Gasteiger partial charge in [-0.2, -0.15) is 0 Å². The summed E-state index contributed by atoms with van der Waals surface area (Å²) in [7, 11) is 0. The number of rotatable bonds is 8. The first-order valence-corrected chi connectivity index (χ1v) is 10.4. The fourth-order valence-corrected chi connectivity index (χ4v) is 2.55. The summed E-state index contributed by atoms with van der Waals surface area (Å²) in [5.74, 6) is -0.384. The van der Waals surface area contributed by atoms with Crippen LogP contribution in [0.2, 0.25) is 0 Å². The highest BCUT2D eigenvalue weighted by Crippen LogP contribution is 2.14. The first-order valence-electron chi connectivity index (χ1n) is 9.97. The van der Waals surface area contributed by atoms with Crippen molar-refractivity contribution in [3.8, 4) is 5.75 Å². The third-order valence-corrected chi connectivity index (χ3v) is 4.34. The van der Waals surface area contributed by atoms with Crippen molar-refractivity contribution < 1.29 is 19.1 Å². The maximum atomic E-state index is 12.4. The lowest BCUT2D eigenvalue weighted by Gasteiger charge is -2.12. The van der Waals surface area contributed by atoms with Crippen LogP contribution < -0.4 is 26.2 Å². The summed E-state index contributed by atoms with van der Waals surface area (Å²) in [4.78, 5) is 36.0. The van der Waals surface area contributed by atoms with E-state index < -0.39 is 11.8 Å². The standard InChI is InChI=1S/C22H26N4O4S/c1-3-5-13-30-18-8-6-7-16(14-18)20(28)24-22(31)26-25-21(29)15-9-11-17(12-10-15)23-19(27)4-2/h6-12,14H,3-5,13H2,1-2H3,(H,23,27)(H,25,29)(H2,24,26,28,31). The average Bonchev–Trinajstić information content (AvgIpc) is 2.78. The topological polar surface area (TPSA) is 109 Å². The molecular formula is C22H26N4O4S. The molecule has 2 aromatic rings. The molecule has 2 aromatic carbocycles. The molecule has 0 bridgehead atoms. The van der Waals surface area contributed by atoms with Gasteiger partial charge in [-0.3, -0.25) is 30.6 Å². The Morgan fingerprint density at radius 2 is 1.68 bits per heavy atom. The number of amides is 3. The Labute approximate surface area is 186 Å². The van der Waals surface area contributed by atoms with Gasteiger partial charge < -0.3 is 10.1 Å². The minimum absolute atomic E-state index is 0.0533. The fourth-order valence-electron chi connectivity index (χ4n) is 2.41. The van der Waals surface area contributed by atoms with E-state index in [4.69, 9.17) is 17.0 Å². The zero-order valence-corrected chi connectivity index (χ0v) is 18.3. The van der Waals surface area contributed by atoms with Gasteiger partial charge in [-0.15, -0.1) is 0 Å². The summed E-state index contributed by atoms with van der Waals surface area (Å²) in [6, 6.07) is 13.1. The number of hydrogen-bond acceptors (Lipinski definition) is 5. The normalized spacial score (nSPS) is 10.0. The Bertz CT molecular complexity index is 931. The van der Waals surface area contributed by atoms with Crippen molar-refractivity contribution in [2.45, 2.75) is 33.1 Å². The predicted octanol–water partition coefficient (Wildman–Crippen LogP) is 3.16. The minimum Gasteiger partial charge on any atom is -0.494 e. The molecule has 0 radical (unpaired) electrons. The van der Waals surface area contributed by atoms with Crippen LogP contribution >= 0.6 is 12.2 Å². The molecule has 0 atom stereocenters. The second-order valence-electron chi connectivity index (χ2n) is 6.57. The van der Waals surface area contributed by atoms with E-state index in [2.05, 4.69) is 28.4 Å². The van der Waals surface area contributed by atoms with Crippen molar-refractivity contribution >= 4 is 40.7 Å². The zero-order chi connectivity index (χ0) is 22.6. The van der Waals surface area contributed by atoms with E-state index in [0.717, 1.165) is 12.8 Å². The van der Waals surface area contributed by atoms with Crippen LogP contribution in [-0.2, 0) is 4.79 Å². The molecule has 0 saturated carbocycles. The number of hydrogen-bond donors (Lipinski definition) is 4. The number of anilines is 1. The highest BCUT2D eigenvalue weighted by molar-refractivity contribution is 7.80. The maximum Gasteiger partial charge on any atom is 0.269 e. The molecule has 9 heteroatoms. The molecule has 0 aromatic heterocycles. The van der Waals surface area contributed by atoms with Crippen molar-refractivity contribution in [3.63, 3.8) is 0 Å². The van der Waals surface area contributed by atoms with Gasteiger partial charge in [0.05, 0.1) is 6.61 Å². The predicted molar refractivity (Wildman–Crippen MR) is 123 cm³/mol. The first-order chi connectivity index (χ1) is 14.9. The van der Waals surface area contributed by atoms with Crippen LogP contribution in [-0.4, -0.2) is 29.4 Å². The lowest BCUT2D eigenvalue weighted by atomic mass is 10.2. The number of hydrazine groups is 1. The Kier molecular flexibility index (Phi) is 9.44. The Hall–Kier alpha value is -3.46. The maximum absolute atomic E-state index is 12.4. The number of unbranched alkanes of at least 4 members (excludes halogenated alkanes) is 1. The van der Waals surface area contributed by atoms with E-state index >= 15 is 0 Å². The molecule has 0 saturated heterocycles. The van der Waals surface area contributed by atoms with Gasteiger partial charge in [0.25, 0.3) is 11.8 Å². The number of benzene rings is 2. The van der Waals surface area contributed by atoms with Gasteiger partial charge >= 0.3 is 0 Å². The second-order valence-corrected chi connectivity index (χ2v) is 6.98. The third-order valence-electron chi connectivity index (χ3n) is 4.13. The molecule has 0 aliphatic carbocycles. The van der Waals surface area contributed by atoms with Crippen molar-refractivity contribution in [1.29, 1.82) is 0 Å². The second kappa shape index (κ2) is 12.3. The van der Waals surface area contributed by atoms with Crippen LogP contribution in [0.5, 0.6) is 5.75 Å². The fraction of sp³-hybridized carbons (Fsp3) is 0.273. The number of carbonyl (C=O) groups is 3. The Balaban J connectivity index is 1.83. The van der Waals surface area contributed by atoms with E-state index in [-0.39, 0.29) is 11.0 Å².